The van der Waals surface area contributed by atoms with Gasteiger partial charge in [-0.25, -0.2) is 0 Å². The van der Waals surface area contributed by atoms with Crippen molar-refractivity contribution in [1.82, 2.24) is 10.3 Å². The van der Waals surface area contributed by atoms with Crippen LogP contribution in [-0.4, -0.2) is 17.5 Å². The molecule has 4 nitrogen and oxygen atoms in total. The van der Waals surface area contributed by atoms with Crippen molar-refractivity contribution >= 4 is 5.91 Å². The molecule has 2 aromatic rings. The number of ether oxygens (including phenoxy) is 1. The Bertz CT molecular complexity index is 585. The minimum Gasteiger partial charge on any atom is -0.484 e. The first-order valence-electron chi connectivity index (χ1n) is 6.66. The molecular weight excluding hydrogens is 252 g/mol. The van der Waals surface area contributed by atoms with Crippen molar-refractivity contribution in [3.63, 3.8) is 0 Å². The number of rotatable bonds is 5. The van der Waals surface area contributed by atoms with E-state index >= 15 is 0 Å². The summed E-state index contributed by atoms with van der Waals surface area (Å²) in [6.07, 6.45) is 0. The molecule has 1 aromatic carbocycles. The molecule has 2 N–H and O–H groups in total. The van der Waals surface area contributed by atoms with Crippen molar-refractivity contribution in [2.45, 2.75) is 27.3 Å². The maximum Gasteiger partial charge on any atom is 0.258 e. The van der Waals surface area contributed by atoms with E-state index in [0.29, 0.717) is 12.3 Å². The van der Waals surface area contributed by atoms with E-state index in [-0.39, 0.29) is 12.5 Å². The van der Waals surface area contributed by atoms with Gasteiger partial charge >= 0.3 is 0 Å². The molecule has 1 aromatic heterocycles. The summed E-state index contributed by atoms with van der Waals surface area (Å²) in [5.41, 5.74) is 4.45. The SMILES string of the molecule is Cc1ccc(OCC(=O)NCc2cc(C)[nH]c2C)cc1. The van der Waals surface area contributed by atoms with Gasteiger partial charge in [0, 0.05) is 17.9 Å². The quantitative estimate of drug-likeness (QED) is 0.879. The second-order valence-corrected chi connectivity index (χ2v) is 4.98. The van der Waals surface area contributed by atoms with Gasteiger partial charge in [0.25, 0.3) is 5.91 Å². The lowest BCUT2D eigenvalue weighted by Gasteiger charge is -2.07. The minimum absolute atomic E-state index is 0.0332. The number of carbonyl (C=O) groups excluding carboxylic acids is 1. The minimum atomic E-state index is -0.121. The monoisotopic (exact) mass is 272 g/mol. The molecule has 1 amide bonds. The average molecular weight is 272 g/mol. The van der Waals surface area contributed by atoms with Gasteiger partial charge in [-0.15, -0.1) is 0 Å². The van der Waals surface area contributed by atoms with Gasteiger partial charge < -0.3 is 15.0 Å². The number of aryl methyl sites for hydroxylation is 3. The third kappa shape index (κ3) is 3.88. The van der Waals surface area contributed by atoms with Crippen molar-refractivity contribution in [1.29, 1.82) is 0 Å². The molecule has 106 valence electrons. The van der Waals surface area contributed by atoms with E-state index in [0.717, 1.165) is 17.0 Å². The third-order valence-corrected chi connectivity index (χ3v) is 3.12. The topological polar surface area (TPSA) is 54.1 Å². The van der Waals surface area contributed by atoms with Crippen molar-refractivity contribution in [3.05, 3.63) is 52.8 Å². The Hall–Kier alpha value is -2.23. The van der Waals surface area contributed by atoms with E-state index in [1.54, 1.807) is 0 Å². The highest BCUT2D eigenvalue weighted by atomic mass is 16.5. The average Bonchev–Trinajstić information content (AvgIpc) is 2.74. The fourth-order valence-electron chi connectivity index (χ4n) is 1.99. The Morgan fingerprint density at radius 2 is 1.90 bits per heavy atom. The van der Waals surface area contributed by atoms with E-state index < -0.39 is 0 Å². The summed E-state index contributed by atoms with van der Waals surface area (Å²) >= 11 is 0. The molecule has 0 bridgehead atoms. The van der Waals surface area contributed by atoms with Gasteiger partial charge in [-0.2, -0.15) is 0 Å². The van der Waals surface area contributed by atoms with Gasteiger partial charge in [0.1, 0.15) is 5.75 Å². The lowest BCUT2D eigenvalue weighted by atomic mass is 10.2. The molecule has 0 radical (unpaired) electrons. The van der Waals surface area contributed by atoms with Crippen LogP contribution in [0.5, 0.6) is 5.75 Å². The Balaban J connectivity index is 1.78. The lowest BCUT2D eigenvalue weighted by molar-refractivity contribution is -0.123. The second-order valence-electron chi connectivity index (χ2n) is 4.98. The molecule has 0 aliphatic rings. The zero-order valence-corrected chi connectivity index (χ0v) is 12.1. The summed E-state index contributed by atoms with van der Waals surface area (Å²) in [6.45, 7) is 6.56. The van der Waals surface area contributed by atoms with Crippen LogP contribution in [0.1, 0.15) is 22.5 Å². The van der Waals surface area contributed by atoms with Crippen LogP contribution in [-0.2, 0) is 11.3 Å². The number of aromatic amines is 1. The number of hydrogen-bond acceptors (Lipinski definition) is 2. The molecule has 0 fully saturated rings. The first-order chi connectivity index (χ1) is 9.54. The van der Waals surface area contributed by atoms with Crippen molar-refractivity contribution < 1.29 is 9.53 Å². The highest BCUT2D eigenvalue weighted by molar-refractivity contribution is 5.77. The molecule has 0 saturated heterocycles. The van der Waals surface area contributed by atoms with Crippen LogP contribution in [0.15, 0.2) is 30.3 Å². The standard InChI is InChI=1S/C16H20N2O2/c1-11-4-6-15(7-5-11)20-10-16(19)17-9-14-8-12(2)18-13(14)3/h4-8,18H,9-10H2,1-3H3,(H,17,19). The van der Waals surface area contributed by atoms with Crippen LogP contribution >= 0.6 is 0 Å². The summed E-state index contributed by atoms with van der Waals surface area (Å²) in [7, 11) is 0. The number of carbonyl (C=O) groups is 1. The second kappa shape index (κ2) is 6.28. The molecule has 1 heterocycles. The van der Waals surface area contributed by atoms with E-state index in [2.05, 4.69) is 10.3 Å². The smallest absolute Gasteiger partial charge is 0.258 e. The summed E-state index contributed by atoms with van der Waals surface area (Å²) in [6, 6.07) is 9.68. The van der Waals surface area contributed by atoms with Crippen LogP contribution in [0.25, 0.3) is 0 Å². The van der Waals surface area contributed by atoms with Crippen molar-refractivity contribution in [2.24, 2.45) is 0 Å². The van der Waals surface area contributed by atoms with Gasteiger partial charge in [-0.1, -0.05) is 17.7 Å². The number of nitrogens with one attached hydrogen (secondary N) is 2. The van der Waals surface area contributed by atoms with Crippen LogP contribution < -0.4 is 10.1 Å². The summed E-state index contributed by atoms with van der Waals surface area (Å²) in [5, 5.41) is 2.85. The highest BCUT2D eigenvalue weighted by Crippen LogP contribution is 2.11. The Kier molecular flexibility index (Phi) is 4.45. The van der Waals surface area contributed by atoms with E-state index in [4.69, 9.17) is 4.74 Å². The molecule has 4 heteroatoms. The zero-order valence-electron chi connectivity index (χ0n) is 12.1. The normalized spacial score (nSPS) is 10.3. The van der Waals surface area contributed by atoms with Gasteiger partial charge in [-0.3, -0.25) is 4.79 Å². The fraction of sp³-hybridized carbons (Fsp3) is 0.312. The predicted octanol–water partition coefficient (Wildman–Crippen LogP) is 2.64. The molecule has 0 unspecified atom stereocenters. The Morgan fingerprint density at radius 1 is 1.20 bits per heavy atom. The maximum absolute atomic E-state index is 11.7. The van der Waals surface area contributed by atoms with Crippen LogP contribution in [0.3, 0.4) is 0 Å². The van der Waals surface area contributed by atoms with E-state index in [1.807, 2.05) is 51.1 Å². The highest BCUT2D eigenvalue weighted by Gasteiger charge is 2.06. The zero-order chi connectivity index (χ0) is 14.5. The largest absolute Gasteiger partial charge is 0.484 e. The number of amides is 1. The predicted molar refractivity (Wildman–Crippen MR) is 78.8 cm³/mol. The number of benzene rings is 1. The van der Waals surface area contributed by atoms with Crippen LogP contribution in [0.4, 0.5) is 0 Å². The third-order valence-electron chi connectivity index (χ3n) is 3.12. The summed E-state index contributed by atoms with van der Waals surface area (Å²) < 4.78 is 5.43. The molecule has 0 saturated carbocycles. The lowest BCUT2D eigenvalue weighted by Crippen LogP contribution is -2.28. The maximum atomic E-state index is 11.7. The summed E-state index contributed by atoms with van der Waals surface area (Å²) in [4.78, 5) is 14.9. The van der Waals surface area contributed by atoms with Gasteiger partial charge in [0.05, 0.1) is 0 Å². The van der Waals surface area contributed by atoms with Crippen LogP contribution in [0, 0.1) is 20.8 Å². The van der Waals surface area contributed by atoms with Gasteiger partial charge in [-0.05, 0) is 44.5 Å². The Morgan fingerprint density at radius 3 is 2.50 bits per heavy atom. The van der Waals surface area contributed by atoms with Crippen LogP contribution in [0.2, 0.25) is 0 Å². The van der Waals surface area contributed by atoms with Gasteiger partial charge in [0.2, 0.25) is 0 Å². The summed E-state index contributed by atoms with van der Waals surface area (Å²) in [5.74, 6) is 0.586. The van der Waals surface area contributed by atoms with Gasteiger partial charge in [0.15, 0.2) is 6.61 Å². The van der Waals surface area contributed by atoms with E-state index in [9.17, 15) is 4.79 Å². The molecule has 0 spiro atoms. The fourth-order valence-corrected chi connectivity index (χ4v) is 1.99. The number of aromatic nitrogens is 1. The van der Waals surface area contributed by atoms with Crippen molar-refractivity contribution in [2.75, 3.05) is 6.61 Å². The first kappa shape index (κ1) is 14.2. The molecule has 0 atom stereocenters. The molecule has 20 heavy (non-hydrogen) atoms. The number of H-pyrrole nitrogens is 1. The first-order valence-corrected chi connectivity index (χ1v) is 6.66. The Labute approximate surface area is 119 Å². The number of hydrogen-bond donors (Lipinski definition) is 2. The van der Waals surface area contributed by atoms with E-state index in [1.165, 1.54) is 5.56 Å². The van der Waals surface area contributed by atoms with Crippen molar-refractivity contribution in [3.8, 4) is 5.75 Å². The molecule has 2 rings (SSSR count). The molecule has 0 aliphatic heterocycles. The molecule has 0 aliphatic carbocycles. The molecular formula is C16H20N2O2.